The summed E-state index contributed by atoms with van der Waals surface area (Å²) >= 11 is 0. The second kappa shape index (κ2) is 5.00. The molecule has 0 radical (unpaired) electrons. The highest BCUT2D eigenvalue weighted by Crippen LogP contribution is 2.31. The number of benzene rings is 2. The number of carbonyl (C=O) groups is 1. The number of aryl methyl sites for hydroxylation is 1. The minimum Gasteiger partial charge on any atom is -0.497 e. The van der Waals surface area contributed by atoms with Crippen LogP contribution in [0.4, 0.5) is 0 Å². The lowest BCUT2D eigenvalue weighted by Gasteiger charge is -2.07. The third-order valence-corrected chi connectivity index (χ3v) is 3.64. The summed E-state index contributed by atoms with van der Waals surface area (Å²) in [5.74, 6) is 1.41. The van der Waals surface area contributed by atoms with Crippen LogP contribution >= 0.6 is 0 Å². The van der Waals surface area contributed by atoms with Crippen LogP contribution in [0.15, 0.2) is 36.4 Å². The minimum atomic E-state index is 0.0189. The molecule has 3 rings (SSSR count). The Kier molecular flexibility index (Phi) is 3.18. The lowest BCUT2D eigenvalue weighted by Crippen LogP contribution is -2.03. The van der Waals surface area contributed by atoms with Gasteiger partial charge in [0.2, 0.25) is 0 Å². The molecule has 102 valence electrons. The van der Waals surface area contributed by atoms with E-state index in [4.69, 9.17) is 9.47 Å². The van der Waals surface area contributed by atoms with Crippen LogP contribution in [0.1, 0.15) is 34.0 Å². The third kappa shape index (κ3) is 2.05. The van der Waals surface area contributed by atoms with Gasteiger partial charge in [-0.2, -0.15) is 0 Å². The van der Waals surface area contributed by atoms with Gasteiger partial charge in [-0.3, -0.25) is 4.79 Å². The van der Waals surface area contributed by atoms with Gasteiger partial charge in [0.1, 0.15) is 18.1 Å². The molecule has 0 spiro atoms. The second-order valence-corrected chi connectivity index (χ2v) is 4.82. The average Bonchev–Trinajstić information content (AvgIpc) is 2.64. The van der Waals surface area contributed by atoms with Crippen molar-refractivity contribution in [3.05, 3.63) is 58.7 Å². The molecular weight excluding hydrogens is 252 g/mol. The SMILES string of the molecule is CCc1ccc2c(c1)C(=O)c1ccc(OC)cc1CO2. The third-order valence-electron chi connectivity index (χ3n) is 3.64. The van der Waals surface area contributed by atoms with Crippen LogP contribution in [0.5, 0.6) is 11.5 Å². The summed E-state index contributed by atoms with van der Waals surface area (Å²) in [5.41, 5.74) is 3.34. The van der Waals surface area contributed by atoms with Crippen molar-refractivity contribution in [3.8, 4) is 11.5 Å². The number of carbonyl (C=O) groups excluding carboxylic acids is 1. The highest BCUT2D eigenvalue weighted by Gasteiger charge is 2.22. The van der Waals surface area contributed by atoms with Gasteiger partial charge < -0.3 is 9.47 Å². The van der Waals surface area contributed by atoms with Gasteiger partial charge in [0, 0.05) is 11.1 Å². The van der Waals surface area contributed by atoms with Crippen LogP contribution in [0.3, 0.4) is 0 Å². The molecule has 0 atom stereocenters. The highest BCUT2D eigenvalue weighted by atomic mass is 16.5. The van der Waals surface area contributed by atoms with Crippen molar-refractivity contribution in [1.82, 2.24) is 0 Å². The first kappa shape index (κ1) is 12.7. The summed E-state index contributed by atoms with van der Waals surface area (Å²) in [7, 11) is 1.61. The van der Waals surface area contributed by atoms with Gasteiger partial charge in [-0.15, -0.1) is 0 Å². The number of rotatable bonds is 2. The first-order valence-corrected chi connectivity index (χ1v) is 6.70. The topological polar surface area (TPSA) is 35.5 Å². The molecule has 1 aliphatic rings. The van der Waals surface area contributed by atoms with Crippen molar-refractivity contribution in [2.75, 3.05) is 7.11 Å². The Labute approximate surface area is 118 Å². The van der Waals surface area contributed by atoms with Crippen LogP contribution in [-0.2, 0) is 13.0 Å². The van der Waals surface area contributed by atoms with Crippen LogP contribution in [-0.4, -0.2) is 12.9 Å². The molecule has 0 unspecified atom stereocenters. The molecule has 2 aromatic carbocycles. The van der Waals surface area contributed by atoms with Gasteiger partial charge in [0.15, 0.2) is 5.78 Å². The van der Waals surface area contributed by atoms with Gasteiger partial charge in [-0.25, -0.2) is 0 Å². The van der Waals surface area contributed by atoms with Crippen LogP contribution in [0, 0.1) is 0 Å². The Balaban J connectivity index is 2.12. The molecule has 1 heterocycles. The Morgan fingerprint density at radius 1 is 1.15 bits per heavy atom. The van der Waals surface area contributed by atoms with Crippen molar-refractivity contribution in [2.45, 2.75) is 20.0 Å². The van der Waals surface area contributed by atoms with E-state index in [1.54, 1.807) is 7.11 Å². The number of ether oxygens (including phenoxy) is 2. The average molecular weight is 268 g/mol. The zero-order valence-corrected chi connectivity index (χ0v) is 11.6. The zero-order valence-electron chi connectivity index (χ0n) is 11.6. The molecule has 0 N–H and O–H groups in total. The minimum absolute atomic E-state index is 0.0189. The fraction of sp³-hybridized carbons (Fsp3) is 0.235. The van der Waals surface area contributed by atoms with Crippen molar-refractivity contribution < 1.29 is 14.3 Å². The molecule has 1 aliphatic heterocycles. The Hall–Kier alpha value is -2.29. The summed E-state index contributed by atoms with van der Waals surface area (Å²) in [5, 5.41) is 0. The van der Waals surface area contributed by atoms with Crippen LogP contribution in [0.25, 0.3) is 0 Å². The van der Waals surface area contributed by atoms with E-state index in [-0.39, 0.29) is 5.78 Å². The fourth-order valence-corrected chi connectivity index (χ4v) is 2.44. The first-order valence-electron chi connectivity index (χ1n) is 6.70. The van der Waals surface area contributed by atoms with Crippen molar-refractivity contribution in [2.24, 2.45) is 0 Å². The normalized spacial score (nSPS) is 13.0. The molecule has 0 fully saturated rings. The maximum atomic E-state index is 12.7. The maximum Gasteiger partial charge on any atom is 0.197 e. The van der Waals surface area contributed by atoms with E-state index in [9.17, 15) is 4.79 Å². The summed E-state index contributed by atoms with van der Waals surface area (Å²) in [6, 6.07) is 11.3. The van der Waals surface area contributed by atoms with Gasteiger partial charge in [-0.1, -0.05) is 13.0 Å². The van der Waals surface area contributed by atoms with Gasteiger partial charge in [-0.05, 0) is 42.3 Å². The lowest BCUT2D eigenvalue weighted by atomic mass is 9.97. The molecule has 3 heteroatoms. The number of methoxy groups -OCH3 is 1. The van der Waals surface area contributed by atoms with E-state index in [0.717, 1.165) is 23.3 Å². The molecule has 3 nitrogen and oxygen atoms in total. The molecule has 20 heavy (non-hydrogen) atoms. The van der Waals surface area contributed by atoms with E-state index >= 15 is 0 Å². The fourth-order valence-electron chi connectivity index (χ4n) is 2.44. The highest BCUT2D eigenvalue weighted by molar-refractivity contribution is 6.12. The second-order valence-electron chi connectivity index (χ2n) is 4.82. The van der Waals surface area contributed by atoms with Crippen molar-refractivity contribution in [3.63, 3.8) is 0 Å². The molecule has 0 saturated carbocycles. The smallest absolute Gasteiger partial charge is 0.197 e. The molecule has 0 aliphatic carbocycles. The summed E-state index contributed by atoms with van der Waals surface area (Å²) in [6.45, 7) is 2.46. The van der Waals surface area contributed by atoms with Gasteiger partial charge in [0.25, 0.3) is 0 Å². The Morgan fingerprint density at radius 3 is 2.75 bits per heavy atom. The number of fused-ring (bicyclic) bond motifs is 2. The summed E-state index contributed by atoms with van der Waals surface area (Å²) in [4.78, 5) is 12.7. The molecule has 0 bridgehead atoms. The number of ketones is 1. The van der Waals surface area contributed by atoms with Crippen LogP contribution < -0.4 is 9.47 Å². The number of hydrogen-bond acceptors (Lipinski definition) is 3. The van der Waals surface area contributed by atoms with Crippen LogP contribution in [0.2, 0.25) is 0 Å². The van der Waals surface area contributed by atoms with Crippen molar-refractivity contribution >= 4 is 5.78 Å². The quantitative estimate of drug-likeness (QED) is 0.837. The van der Waals surface area contributed by atoms with Crippen molar-refractivity contribution in [1.29, 1.82) is 0 Å². The van der Waals surface area contributed by atoms with E-state index < -0.39 is 0 Å². The van der Waals surface area contributed by atoms with E-state index in [1.807, 2.05) is 36.4 Å². The standard InChI is InChI=1S/C17H16O3/c1-3-11-4-7-16-15(8-11)17(18)14-6-5-13(19-2)9-12(14)10-20-16/h4-9H,3,10H2,1-2H3. The lowest BCUT2D eigenvalue weighted by molar-refractivity contribution is 0.103. The molecule has 0 aromatic heterocycles. The molecular formula is C17H16O3. The predicted octanol–water partition coefficient (Wildman–Crippen LogP) is 3.38. The molecule has 2 aromatic rings. The molecule has 0 amide bonds. The Bertz CT molecular complexity index is 674. The first-order chi connectivity index (χ1) is 9.72. The monoisotopic (exact) mass is 268 g/mol. The maximum absolute atomic E-state index is 12.7. The molecule has 0 saturated heterocycles. The summed E-state index contributed by atoms with van der Waals surface area (Å²) in [6.07, 6.45) is 0.899. The van der Waals surface area contributed by atoms with E-state index in [1.165, 1.54) is 0 Å². The van der Waals surface area contributed by atoms with E-state index in [0.29, 0.717) is 23.5 Å². The van der Waals surface area contributed by atoms with Gasteiger partial charge >= 0.3 is 0 Å². The van der Waals surface area contributed by atoms with E-state index in [2.05, 4.69) is 6.92 Å². The zero-order chi connectivity index (χ0) is 14.1. The predicted molar refractivity (Wildman–Crippen MR) is 76.6 cm³/mol. The summed E-state index contributed by atoms with van der Waals surface area (Å²) < 4.78 is 11.0. The Morgan fingerprint density at radius 2 is 2.00 bits per heavy atom. The number of hydrogen-bond donors (Lipinski definition) is 0. The largest absolute Gasteiger partial charge is 0.497 e. The van der Waals surface area contributed by atoms with Gasteiger partial charge in [0.05, 0.1) is 12.7 Å².